The first-order valence-electron chi connectivity index (χ1n) is 11.3. The lowest BCUT2D eigenvalue weighted by molar-refractivity contribution is 0.153. The number of urea groups is 1. The van der Waals surface area contributed by atoms with Gasteiger partial charge in [0.15, 0.2) is 5.82 Å². The van der Waals surface area contributed by atoms with E-state index in [9.17, 15) is 4.79 Å². The van der Waals surface area contributed by atoms with Gasteiger partial charge in [0.25, 0.3) is 5.88 Å². The van der Waals surface area contributed by atoms with Gasteiger partial charge in [0.1, 0.15) is 6.61 Å². The minimum Gasteiger partial charge on any atom is -0.470 e. The molecule has 172 valence electrons. The van der Waals surface area contributed by atoms with Crippen molar-refractivity contribution >= 4 is 17.5 Å². The second kappa shape index (κ2) is 10.3. The number of rotatable bonds is 6. The van der Waals surface area contributed by atoms with E-state index in [2.05, 4.69) is 52.0 Å². The van der Waals surface area contributed by atoms with Crippen molar-refractivity contribution in [1.82, 2.24) is 19.9 Å². The van der Waals surface area contributed by atoms with Gasteiger partial charge in [0, 0.05) is 55.6 Å². The predicted molar refractivity (Wildman–Crippen MR) is 128 cm³/mol. The van der Waals surface area contributed by atoms with Crippen LogP contribution in [0, 0.1) is 0 Å². The van der Waals surface area contributed by atoms with Gasteiger partial charge in [0.05, 0.1) is 0 Å². The van der Waals surface area contributed by atoms with Gasteiger partial charge in [-0.15, -0.1) is 0 Å². The minimum atomic E-state index is -0.0868. The molecule has 2 unspecified atom stereocenters. The third-order valence-corrected chi connectivity index (χ3v) is 5.81. The number of hydrogen-bond donors (Lipinski definition) is 1. The summed E-state index contributed by atoms with van der Waals surface area (Å²) in [5.74, 6) is 1.18. The maximum absolute atomic E-state index is 13.1. The summed E-state index contributed by atoms with van der Waals surface area (Å²) >= 11 is 0. The van der Waals surface area contributed by atoms with Gasteiger partial charge in [-0.3, -0.25) is 4.98 Å². The quantitative estimate of drug-likeness (QED) is 0.613. The van der Waals surface area contributed by atoms with Crippen LogP contribution in [0.4, 0.5) is 16.3 Å². The summed E-state index contributed by atoms with van der Waals surface area (Å²) in [6.07, 6.45) is 7.71. The molecule has 1 saturated heterocycles. The molecule has 3 aromatic rings. The second-order valence-corrected chi connectivity index (χ2v) is 8.32. The molecule has 4 rings (SSSR count). The number of benzene rings is 1. The number of ether oxygens (including phenoxy) is 1. The Hall–Kier alpha value is -3.68. The Morgan fingerprint density at radius 1 is 1.03 bits per heavy atom. The fraction of sp³-hybridized carbons (Fsp3) is 0.360. The van der Waals surface area contributed by atoms with Crippen molar-refractivity contribution in [2.75, 3.05) is 23.3 Å². The fourth-order valence-corrected chi connectivity index (χ4v) is 4.22. The molecule has 2 aromatic heterocycles. The van der Waals surface area contributed by atoms with E-state index >= 15 is 0 Å². The molecular weight excluding hydrogens is 416 g/mol. The summed E-state index contributed by atoms with van der Waals surface area (Å²) < 4.78 is 5.99. The number of carbonyl (C=O) groups is 1. The number of pyridine rings is 1. The molecule has 0 aliphatic carbocycles. The lowest BCUT2D eigenvalue weighted by Gasteiger charge is -2.44. The highest BCUT2D eigenvalue weighted by Crippen LogP contribution is 2.28. The van der Waals surface area contributed by atoms with Crippen molar-refractivity contribution in [3.8, 4) is 5.88 Å². The number of nitrogens with zero attached hydrogens (tertiary/aromatic N) is 5. The van der Waals surface area contributed by atoms with Crippen LogP contribution in [0.5, 0.6) is 5.88 Å². The van der Waals surface area contributed by atoms with Gasteiger partial charge in [-0.25, -0.2) is 14.8 Å². The van der Waals surface area contributed by atoms with Crippen molar-refractivity contribution in [2.45, 2.75) is 45.9 Å². The number of aromatic nitrogens is 3. The highest BCUT2D eigenvalue weighted by Gasteiger charge is 2.34. The van der Waals surface area contributed by atoms with Crippen molar-refractivity contribution in [3.63, 3.8) is 0 Å². The van der Waals surface area contributed by atoms with Crippen LogP contribution in [0.25, 0.3) is 0 Å². The van der Waals surface area contributed by atoms with Gasteiger partial charge in [0.2, 0.25) is 0 Å². The summed E-state index contributed by atoms with van der Waals surface area (Å²) in [6, 6.07) is 11.7. The summed E-state index contributed by atoms with van der Waals surface area (Å²) in [5, 5.41) is 3.06. The van der Waals surface area contributed by atoms with Crippen molar-refractivity contribution < 1.29 is 9.53 Å². The molecule has 0 saturated carbocycles. The number of hydrogen-bond acceptors (Lipinski definition) is 6. The highest BCUT2D eigenvalue weighted by atomic mass is 16.5. The maximum Gasteiger partial charge on any atom is 0.322 e. The molecule has 0 bridgehead atoms. The smallest absolute Gasteiger partial charge is 0.322 e. The normalized spacial score (nSPS) is 18.2. The van der Waals surface area contributed by atoms with Gasteiger partial charge in [-0.1, -0.05) is 19.1 Å². The number of aryl methyl sites for hydroxylation is 1. The Morgan fingerprint density at radius 2 is 1.76 bits per heavy atom. The standard InChI is InChI=1S/C25H30N6O2/c1-4-20-6-5-7-22(14-20)29-25(32)31-18(2)15-30(16-19(31)3)23-24(28-13-12-27-23)33-17-21-8-10-26-11-9-21/h5-14,18-19H,4,15-17H2,1-3H3,(H,29,32). The van der Waals surface area contributed by atoms with E-state index in [1.54, 1.807) is 24.8 Å². The molecule has 1 aliphatic rings. The molecular formula is C25H30N6O2. The molecule has 8 nitrogen and oxygen atoms in total. The molecule has 33 heavy (non-hydrogen) atoms. The van der Waals surface area contributed by atoms with E-state index in [1.807, 2.05) is 35.2 Å². The molecule has 3 heterocycles. The van der Waals surface area contributed by atoms with E-state index in [4.69, 9.17) is 4.74 Å². The Labute approximate surface area is 194 Å². The number of carbonyl (C=O) groups excluding carboxylic acids is 1. The molecule has 1 fully saturated rings. The molecule has 1 aliphatic heterocycles. The zero-order chi connectivity index (χ0) is 23.2. The van der Waals surface area contributed by atoms with Crippen LogP contribution in [0.1, 0.15) is 31.9 Å². The monoisotopic (exact) mass is 446 g/mol. The lowest BCUT2D eigenvalue weighted by atomic mass is 10.1. The first kappa shape index (κ1) is 22.5. The molecule has 0 spiro atoms. The van der Waals surface area contributed by atoms with Crippen LogP contribution in [-0.4, -0.2) is 51.1 Å². The average molecular weight is 447 g/mol. The molecule has 1 aromatic carbocycles. The average Bonchev–Trinajstić information content (AvgIpc) is 2.83. The topological polar surface area (TPSA) is 83.5 Å². The van der Waals surface area contributed by atoms with Crippen LogP contribution < -0.4 is 15.0 Å². The van der Waals surface area contributed by atoms with Gasteiger partial charge >= 0.3 is 6.03 Å². The van der Waals surface area contributed by atoms with Gasteiger partial charge in [-0.05, 0) is 55.7 Å². The number of amides is 2. The summed E-state index contributed by atoms with van der Waals surface area (Å²) in [4.78, 5) is 30.1. The Morgan fingerprint density at radius 3 is 2.48 bits per heavy atom. The van der Waals surface area contributed by atoms with E-state index in [1.165, 1.54) is 5.56 Å². The number of nitrogens with one attached hydrogen (secondary N) is 1. The molecule has 2 atom stereocenters. The molecule has 2 amide bonds. The fourth-order valence-electron chi connectivity index (χ4n) is 4.22. The van der Waals surface area contributed by atoms with Crippen LogP contribution >= 0.6 is 0 Å². The largest absolute Gasteiger partial charge is 0.470 e. The van der Waals surface area contributed by atoms with E-state index in [-0.39, 0.29) is 18.1 Å². The molecule has 0 radical (unpaired) electrons. The van der Waals surface area contributed by atoms with Crippen LogP contribution in [-0.2, 0) is 13.0 Å². The minimum absolute atomic E-state index is 0.0156. The first-order chi connectivity index (χ1) is 16.0. The Bertz CT molecular complexity index is 1070. The predicted octanol–water partition coefficient (Wildman–Crippen LogP) is 4.14. The first-order valence-corrected chi connectivity index (χ1v) is 11.3. The van der Waals surface area contributed by atoms with E-state index < -0.39 is 0 Å². The summed E-state index contributed by atoms with van der Waals surface area (Å²) in [7, 11) is 0. The molecule has 8 heteroatoms. The third kappa shape index (κ3) is 5.39. The second-order valence-electron chi connectivity index (χ2n) is 8.32. The number of piperazine rings is 1. The van der Waals surface area contributed by atoms with E-state index in [0.29, 0.717) is 31.4 Å². The van der Waals surface area contributed by atoms with Gasteiger partial charge in [-0.2, -0.15) is 0 Å². The zero-order valence-corrected chi connectivity index (χ0v) is 19.3. The van der Waals surface area contributed by atoms with E-state index in [0.717, 1.165) is 17.7 Å². The van der Waals surface area contributed by atoms with Crippen molar-refractivity contribution in [1.29, 1.82) is 0 Å². The molecule has 1 N–H and O–H groups in total. The Kier molecular flexibility index (Phi) is 7.02. The zero-order valence-electron chi connectivity index (χ0n) is 19.3. The third-order valence-electron chi connectivity index (χ3n) is 5.81. The lowest BCUT2D eigenvalue weighted by Crippen LogP contribution is -2.60. The highest BCUT2D eigenvalue weighted by molar-refractivity contribution is 5.90. The van der Waals surface area contributed by atoms with Gasteiger partial charge < -0.3 is 19.9 Å². The maximum atomic E-state index is 13.1. The number of anilines is 2. The van der Waals surface area contributed by atoms with Crippen LogP contribution in [0.2, 0.25) is 0 Å². The van der Waals surface area contributed by atoms with Crippen molar-refractivity contribution in [2.24, 2.45) is 0 Å². The summed E-state index contributed by atoms with van der Waals surface area (Å²) in [5.41, 5.74) is 3.03. The van der Waals surface area contributed by atoms with Crippen LogP contribution in [0.15, 0.2) is 61.2 Å². The van der Waals surface area contributed by atoms with Crippen molar-refractivity contribution in [3.05, 3.63) is 72.3 Å². The van der Waals surface area contributed by atoms with Crippen LogP contribution in [0.3, 0.4) is 0 Å². The summed E-state index contributed by atoms with van der Waals surface area (Å²) in [6.45, 7) is 7.87. The SMILES string of the molecule is CCc1cccc(NC(=O)N2C(C)CN(c3nccnc3OCc3ccncc3)CC2C)c1. The Balaban J connectivity index is 1.44.